The smallest absolute Gasteiger partial charge is 0.269 e. The van der Waals surface area contributed by atoms with Crippen LogP contribution in [0.25, 0.3) is 5.82 Å². The Balaban J connectivity index is 1.73. The van der Waals surface area contributed by atoms with Crippen LogP contribution >= 0.6 is 0 Å². The highest BCUT2D eigenvalue weighted by molar-refractivity contribution is 6.04. The van der Waals surface area contributed by atoms with Crippen molar-refractivity contribution in [3.63, 3.8) is 0 Å². The fourth-order valence-corrected chi connectivity index (χ4v) is 2.38. The normalized spacial score (nSPS) is 10.5. The first-order valence-corrected chi connectivity index (χ1v) is 7.49. The molecule has 0 saturated carbocycles. The molecule has 0 radical (unpaired) electrons. The van der Waals surface area contributed by atoms with E-state index < -0.39 is 4.92 Å². The number of nitro groups is 1. The summed E-state index contributed by atoms with van der Waals surface area (Å²) in [5.74, 6) is 0.287. The van der Waals surface area contributed by atoms with Gasteiger partial charge in [0.15, 0.2) is 5.82 Å². The van der Waals surface area contributed by atoms with E-state index in [4.69, 9.17) is 0 Å². The van der Waals surface area contributed by atoms with Gasteiger partial charge in [-0.2, -0.15) is 5.10 Å². The number of carbonyl (C=O) groups is 1. The molecule has 8 nitrogen and oxygen atoms in total. The van der Waals surface area contributed by atoms with Crippen LogP contribution in [0, 0.1) is 24.0 Å². The summed E-state index contributed by atoms with van der Waals surface area (Å²) in [5.41, 5.74) is 2.65. The summed E-state index contributed by atoms with van der Waals surface area (Å²) in [6.45, 7) is 3.84. The van der Waals surface area contributed by atoms with E-state index in [9.17, 15) is 14.9 Å². The van der Waals surface area contributed by atoms with Crippen molar-refractivity contribution in [2.45, 2.75) is 13.8 Å². The third-order valence-corrected chi connectivity index (χ3v) is 3.57. The Kier molecular flexibility index (Phi) is 4.25. The van der Waals surface area contributed by atoms with Crippen LogP contribution in [0.4, 0.5) is 11.4 Å². The van der Waals surface area contributed by atoms with Gasteiger partial charge in [0.2, 0.25) is 0 Å². The van der Waals surface area contributed by atoms with E-state index in [1.165, 1.54) is 30.5 Å². The van der Waals surface area contributed by atoms with Gasteiger partial charge in [0.05, 0.1) is 22.5 Å². The lowest BCUT2D eigenvalue weighted by Gasteiger charge is -2.07. The molecule has 8 heteroatoms. The molecule has 2 heterocycles. The molecule has 3 rings (SSSR count). The number of nitrogens with zero attached hydrogens (tertiary/aromatic N) is 4. The zero-order valence-electron chi connectivity index (χ0n) is 13.6. The zero-order valence-corrected chi connectivity index (χ0v) is 13.6. The summed E-state index contributed by atoms with van der Waals surface area (Å²) in [5, 5.41) is 17.7. The lowest BCUT2D eigenvalue weighted by Crippen LogP contribution is -2.12. The fraction of sp³-hybridized carbons (Fsp3) is 0.118. The summed E-state index contributed by atoms with van der Waals surface area (Å²) >= 11 is 0. The molecule has 0 aliphatic carbocycles. The number of pyridine rings is 1. The van der Waals surface area contributed by atoms with Gasteiger partial charge in [-0.1, -0.05) is 0 Å². The molecule has 0 atom stereocenters. The van der Waals surface area contributed by atoms with Crippen LogP contribution in [-0.4, -0.2) is 25.6 Å². The highest BCUT2D eigenvalue weighted by Crippen LogP contribution is 2.15. The maximum atomic E-state index is 12.2. The van der Waals surface area contributed by atoms with Crippen molar-refractivity contribution >= 4 is 17.3 Å². The number of hydrogen-bond donors (Lipinski definition) is 1. The summed E-state index contributed by atoms with van der Waals surface area (Å²) in [6, 6.07) is 10.8. The van der Waals surface area contributed by atoms with Gasteiger partial charge in [0.1, 0.15) is 0 Å². The average Bonchev–Trinajstić information content (AvgIpc) is 2.94. The van der Waals surface area contributed by atoms with Crippen LogP contribution < -0.4 is 5.32 Å². The quantitative estimate of drug-likeness (QED) is 0.582. The molecule has 0 unspecified atom stereocenters. The molecule has 25 heavy (non-hydrogen) atoms. The van der Waals surface area contributed by atoms with Crippen LogP contribution in [0.15, 0.2) is 48.7 Å². The van der Waals surface area contributed by atoms with Gasteiger partial charge in [-0.15, -0.1) is 0 Å². The summed E-state index contributed by atoms with van der Waals surface area (Å²) in [6.07, 6.45) is 1.54. The van der Waals surface area contributed by atoms with E-state index in [-0.39, 0.29) is 11.6 Å². The van der Waals surface area contributed by atoms with Gasteiger partial charge in [-0.3, -0.25) is 14.9 Å². The maximum Gasteiger partial charge on any atom is 0.269 e. The second-order valence-corrected chi connectivity index (χ2v) is 5.50. The third-order valence-electron chi connectivity index (χ3n) is 3.57. The van der Waals surface area contributed by atoms with E-state index in [0.29, 0.717) is 17.1 Å². The highest BCUT2D eigenvalue weighted by Gasteiger charge is 2.10. The predicted octanol–water partition coefficient (Wildman–Crippen LogP) is 3.04. The summed E-state index contributed by atoms with van der Waals surface area (Å²) in [7, 11) is 0. The maximum absolute atomic E-state index is 12.2. The monoisotopic (exact) mass is 337 g/mol. The number of nitrogens with one attached hydrogen (secondary N) is 1. The van der Waals surface area contributed by atoms with Gasteiger partial charge in [-0.25, -0.2) is 9.67 Å². The molecule has 126 valence electrons. The largest absolute Gasteiger partial charge is 0.321 e. The molecule has 1 N–H and O–H groups in total. The Morgan fingerprint density at radius 2 is 1.88 bits per heavy atom. The van der Waals surface area contributed by atoms with Gasteiger partial charge < -0.3 is 5.32 Å². The second kappa shape index (κ2) is 6.52. The molecule has 0 spiro atoms. The van der Waals surface area contributed by atoms with Crippen LogP contribution in [0.1, 0.15) is 21.7 Å². The van der Waals surface area contributed by atoms with Crippen LogP contribution in [0.5, 0.6) is 0 Å². The Hall–Kier alpha value is -3.55. The molecule has 1 amide bonds. The van der Waals surface area contributed by atoms with Gasteiger partial charge in [-0.05, 0) is 44.2 Å². The first-order valence-electron chi connectivity index (χ1n) is 7.49. The highest BCUT2D eigenvalue weighted by atomic mass is 16.6. The molecule has 0 saturated heterocycles. The number of benzene rings is 1. The predicted molar refractivity (Wildman–Crippen MR) is 91.9 cm³/mol. The number of anilines is 1. The van der Waals surface area contributed by atoms with E-state index in [1.807, 2.05) is 19.9 Å². The number of amides is 1. The molecule has 0 bridgehead atoms. The topological polar surface area (TPSA) is 103 Å². The minimum absolute atomic E-state index is 0.0625. The first-order chi connectivity index (χ1) is 11.9. The van der Waals surface area contributed by atoms with Crippen molar-refractivity contribution in [2.24, 2.45) is 0 Å². The Labute approximate surface area is 143 Å². The molecule has 3 aromatic rings. The molecular weight excluding hydrogens is 322 g/mol. The zero-order chi connectivity index (χ0) is 18.0. The molecule has 0 fully saturated rings. The standard InChI is InChI=1S/C17H15N5O3/c1-11-9-12(2)21(20-11)16-8-5-14(10-18-16)19-17(23)13-3-6-15(7-4-13)22(24)25/h3-10H,1-2H3,(H,19,23). The lowest BCUT2D eigenvalue weighted by atomic mass is 10.2. The van der Waals surface area contributed by atoms with Crippen molar-refractivity contribution < 1.29 is 9.72 Å². The Morgan fingerprint density at radius 3 is 2.40 bits per heavy atom. The van der Waals surface area contributed by atoms with Gasteiger partial charge >= 0.3 is 0 Å². The minimum atomic E-state index is -0.511. The number of aryl methyl sites for hydroxylation is 2. The number of non-ortho nitro benzene ring substituents is 1. The van der Waals surface area contributed by atoms with Crippen molar-refractivity contribution in [3.05, 3.63) is 75.7 Å². The Bertz CT molecular complexity index is 930. The number of rotatable bonds is 4. The minimum Gasteiger partial charge on any atom is -0.321 e. The van der Waals surface area contributed by atoms with Gasteiger partial charge in [0, 0.05) is 23.4 Å². The number of carbonyl (C=O) groups excluding carboxylic acids is 1. The van der Waals surface area contributed by atoms with Gasteiger partial charge in [0.25, 0.3) is 11.6 Å². The number of hydrogen-bond acceptors (Lipinski definition) is 5. The summed E-state index contributed by atoms with van der Waals surface area (Å²) in [4.78, 5) is 26.6. The average molecular weight is 337 g/mol. The summed E-state index contributed by atoms with van der Waals surface area (Å²) < 4.78 is 1.72. The first kappa shape index (κ1) is 16.3. The van der Waals surface area contributed by atoms with E-state index in [1.54, 1.807) is 16.8 Å². The molecule has 0 aliphatic heterocycles. The fourth-order valence-electron chi connectivity index (χ4n) is 2.38. The molecule has 0 aliphatic rings. The van der Waals surface area contributed by atoms with Crippen LogP contribution in [-0.2, 0) is 0 Å². The lowest BCUT2D eigenvalue weighted by molar-refractivity contribution is -0.384. The number of nitro benzene ring substituents is 1. The molecule has 1 aromatic carbocycles. The van der Waals surface area contributed by atoms with Crippen LogP contribution in [0.2, 0.25) is 0 Å². The van der Waals surface area contributed by atoms with E-state index >= 15 is 0 Å². The van der Waals surface area contributed by atoms with E-state index in [2.05, 4.69) is 15.4 Å². The third kappa shape index (κ3) is 3.52. The van der Waals surface area contributed by atoms with Crippen LogP contribution in [0.3, 0.4) is 0 Å². The SMILES string of the molecule is Cc1cc(C)n(-c2ccc(NC(=O)c3ccc([N+](=O)[O-])cc3)cn2)n1. The van der Waals surface area contributed by atoms with Crippen molar-refractivity contribution in [3.8, 4) is 5.82 Å². The Morgan fingerprint density at radius 1 is 1.16 bits per heavy atom. The molecular formula is C17H15N5O3. The van der Waals surface area contributed by atoms with Crippen molar-refractivity contribution in [1.29, 1.82) is 0 Å². The van der Waals surface area contributed by atoms with E-state index in [0.717, 1.165) is 11.4 Å². The van der Waals surface area contributed by atoms with Crippen molar-refractivity contribution in [1.82, 2.24) is 14.8 Å². The van der Waals surface area contributed by atoms with Crippen molar-refractivity contribution in [2.75, 3.05) is 5.32 Å². The molecule has 2 aromatic heterocycles. The number of aromatic nitrogens is 3. The second-order valence-electron chi connectivity index (χ2n) is 5.50.